The summed E-state index contributed by atoms with van der Waals surface area (Å²) in [6.07, 6.45) is -0.842. The van der Waals surface area contributed by atoms with E-state index in [2.05, 4.69) is 5.32 Å². The van der Waals surface area contributed by atoms with E-state index in [-0.39, 0.29) is 11.5 Å². The minimum atomic E-state index is -3.12. The molecule has 0 amide bonds. The highest BCUT2D eigenvalue weighted by molar-refractivity contribution is 7.91. The van der Waals surface area contributed by atoms with Crippen LogP contribution in [0.25, 0.3) is 0 Å². The summed E-state index contributed by atoms with van der Waals surface area (Å²) in [5.74, 6) is -0.176. The Morgan fingerprint density at radius 3 is 2.50 bits per heavy atom. The summed E-state index contributed by atoms with van der Waals surface area (Å²) in [7, 11) is 0.714. The van der Waals surface area contributed by atoms with Gasteiger partial charge in [0.1, 0.15) is 0 Å². The fourth-order valence-electron chi connectivity index (χ4n) is 2.15. The topological polar surface area (TPSA) is 69.6 Å². The van der Waals surface area contributed by atoms with E-state index in [9.17, 15) is 13.5 Å². The number of hydrogen-bond acceptors (Lipinski definition) is 5. The molecule has 6 heteroatoms. The second-order valence-corrected chi connectivity index (χ2v) is 6.96. The van der Waals surface area contributed by atoms with Gasteiger partial charge in [0.2, 0.25) is 0 Å². The average molecular weight is 270 g/mol. The monoisotopic (exact) mass is 270 g/mol. The van der Waals surface area contributed by atoms with E-state index in [1.54, 1.807) is 0 Å². The lowest BCUT2D eigenvalue weighted by molar-refractivity contribution is 0.190. The second-order valence-electron chi connectivity index (χ2n) is 4.81. The molecule has 2 atom stereocenters. The van der Waals surface area contributed by atoms with Crippen LogP contribution in [0, 0.1) is 0 Å². The van der Waals surface area contributed by atoms with Gasteiger partial charge in [-0.05, 0) is 12.1 Å². The summed E-state index contributed by atoms with van der Waals surface area (Å²) in [5.41, 5.74) is 1.80. The molecule has 1 aliphatic heterocycles. The summed E-state index contributed by atoms with van der Waals surface area (Å²) >= 11 is 0. The highest BCUT2D eigenvalue weighted by Gasteiger charge is 2.36. The highest BCUT2D eigenvalue weighted by Crippen LogP contribution is 2.26. The quantitative estimate of drug-likeness (QED) is 0.828. The van der Waals surface area contributed by atoms with Gasteiger partial charge in [-0.1, -0.05) is 12.1 Å². The molecule has 0 radical (unpaired) electrons. The average Bonchev–Trinajstić information content (AvgIpc) is 2.52. The largest absolute Gasteiger partial charge is 0.390 e. The molecule has 0 spiro atoms. The molecule has 100 valence electrons. The van der Waals surface area contributed by atoms with Gasteiger partial charge < -0.3 is 15.3 Å². The van der Waals surface area contributed by atoms with Crippen LogP contribution in [0.5, 0.6) is 0 Å². The van der Waals surface area contributed by atoms with Crippen LogP contribution in [0.2, 0.25) is 0 Å². The molecule has 1 aromatic rings. The number of aliphatic hydroxyl groups is 1. The molecule has 0 bridgehead atoms. The Hall–Kier alpha value is -1.27. The Labute approximate surface area is 107 Å². The van der Waals surface area contributed by atoms with Gasteiger partial charge >= 0.3 is 0 Å². The molecule has 2 unspecified atom stereocenters. The molecular weight excluding hydrogens is 252 g/mol. The van der Waals surface area contributed by atoms with Crippen LogP contribution in [0.15, 0.2) is 24.3 Å². The van der Waals surface area contributed by atoms with E-state index >= 15 is 0 Å². The lowest BCUT2D eigenvalue weighted by atomic mass is 10.2. The number of nitrogens with one attached hydrogen (secondary N) is 1. The lowest BCUT2D eigenvalue weighted by Crippen LogP contribution is -2.32. The van der Waals surface area contributed by atoms with Crippen molar-refractivity contribution in [3.8, 4) is 0 Å². The zero-order valence-corrected chi connectivity index (χ0v) is 11.3. The molecule has 2 N–H and O–H groups in total. The van der Waals surface area contributed by atoms with E-state index < -0.39 is 22.0 Å². The summed E-state index contributed by atoms with van der Waals surface area (Å²) in [6, 6.07) is 7.19. The molecule has 0 aliphatic carbocycles. The van der Waals surface area contributed by atoms with E-state index in [0.717, 1.165) is 11.4 Å². The van der Waals surface area contributed by atoms with E-state index in [1.807, 2.05) is 43.3 Å². The number of hydrogen-bond donors (Lipinski definition) is 2. The van der Waals surface area contributed by atoms with Gasteiger partial charge in [0.05, 0.1) is 35.0 Å². The van der Waals surface area contributed by atoms with Crippen molar-refractivity contribution < 1.29 is 13.5 Å². The summed E-state index contributed by atoms with van der Waals surface area (Å²) < 4.78 is 22.9. The third-order valence-corrected chi connectivity index (χ3v) is 4.77. The van der Waals surface area contributed by atoms with Gasteiger partial charge in [-0.3, -0.25) is 0 Å². The zero-order chi connectivity index (χ0) is 13.3. The minimum absolute atomic E-state index is 0.0179. The Kier molecular flexibility index (Phi) is 3.49. The van der Waals surface area contributed by atoms with Crippen molar-refractivity contribution >= 4 is 21.2 Å². The first-order valence-corrected chi connectivity index (χ1v) is 7.62. The zero-order valence-electron chi connectivity index (χ0n) is 10.5. The van der Waals surface area contributed by atoms with Crippen molar-refractivity contribution in [1.82, 2.24) is 0 Å². The Morgan fingerprint density at radius 2 is 1.94 bits per heavy atom. The Bertz CT molecular complexity index is 528. The molecule has 1 aliphatic rings. The third-order valence-electron chi connectivity index (χ3n) is 3.05. The number of anilines is 2. The normalized spacial score (nSPS) is 25.9. The molecule has 18 heavy (non-hydrogen) atoms. The third kappa shape index (κ3) is 2.76. The van der Waals surface area contributed by atoms with E-state index in [1.165, 1.54) is 0 Å². The van der Waals surface area contributed by atoms with E-state index in [4.69, 9.17) is 0 Å². The molecule has 0 aromatic heterocycles. The SMILES string of the molecule is CN(C)c1ccccc1NC1CS(=O)(=O)CC1O. The standard InChI is InChI=1S/C12H18N2O3S/c1-14(2)11-6-4-3-5-9(11)13-10-7-18(16,17)8-12(10)15/h3-6,10,12-13,15H,7-8H2,1-2H3. The van der Waals surface area contributed by atoms with Crippen molar-refractivity contribution in [3.05, 3.63) is 24.3 Å². The van der Waals surface area contributed by atoms with Crippen LogP contribution < -0.4 is 10.2 Å². The molecule has 1 fully saturated rings. The van der Waals surface area contributed by atoms with Gasteiger partial charge in [0.25, 0.3) is 0 Å². The van der Waals surface area contributed by atoms with Gasteiger partial charge in [-0.15, -0.1) is 0 Å². The molecule has 1 heterocycles. The van der Waals surface area contributed by atoms with Crippen molar-refractivity contribution in [2.45, 2.75) is 12.1 Å². The van der Waals surface area contributed by atoms with Crippen molar-refractivity contribution in [1.29, 1.82) is 0 Å². The minimum Gasteiger partial charge on any atom is -0.390 e. The summed E-state index contributed by atoms with van der Waals surface area (Å²) in [5, 5.41) is 12.9. The van der Waals surface area contributed by atoms with Crippen LogP contribution in [0.1, 0.15) is 0 Å². The number of aliphatic hydroxyl groups excluding tert-OH is 1. The Morgan fingerprint density at radius 1 is 1.28 bits per heavy atom. The van der Waals surface area contributed by atoms with Crippen molar-refractivity contribution in [2.75, 3.05) is 35.8 Å². The first kappa shape index (κ1) is 13.2. The predicted molar refractivity (Wildman–Crippen MR) is 72.8 cm³/mol. The van der Waals surface area contributed by atoms with E-state index in [0.29, 0.717) is 0 Å². The second kappa shape index (κ2) is 4.78. The number of sulfone groups is 1. The predicted octanol–water partition coefficient (Wildman–Crippen LogP) is 0.322. The van der Waals surface area contributed by atoms with Gasteiger partial charge in [-0.25, -0.2) is 8.42 Å². The van der Waals surface area contributed by atoms with Gasteiger partial charge in [0.15, 0.2) is 9.84 Å². The number of rotatable bonds is 3. The van der Waals surface area contributed by atoms with Gasteiger partial charge in [0, 0.05) is 14.1 Å². The fraction of sp³-hybridized carbons (Fsp3) is 0.500. The van der Waals surface area contributed by atoms with Gasteiger partial charge in [-0.2, -0.15) is 0 Å². The maximum absolute atomic E-state index is 11.4. The maximum atomic E-state index is 11.4. The summed E-state index contributed by atoms with van der Waals surface area (Å²) in [6.45, 7) is 0. The molecule has 0 saturated carbocycles. The van der Waals surface area contributed by atoms with Crippen LogP contribution in [-0.2, 0) is 9.84 Å². The van der Waals surface area contributed by atoms with Crippen LogP contribution in [0.4, 0.5) is 11.4 Å². The molecule has 1 saturated heterocycles. The molecule has 1 aromatic carbocycles. The molecular formula is C12H18N2O3S. The molecule has 5 nitrogen and oxygen atoms in total. The molecule has 2 rings (SSSR count). The Balaban J connectivity index is 2.20. The van der Waals surface area contributed by atoms with Crippen LogP contribution >= 0.6 is 0 Å². The fourth-order valence-corrected chi connectivity index (χ4v) is 3.89. The van der Waals surface area contributed by atoms with Crippen molar-refractivity contribution in [3.63, 3.8) is 0 Å². The van der Waals surface area contributed by atoms with Crippen LogP contribution in [-0.4, -0.2) is 51.3 Å². The van der Waals surface area contributed by atoms with Crippen LogP contribution in [0.3, 0.4) is 0 Å². The first-order valence-electron chi connectivity index (χ1n) is 5.80. The highest BCUT2D eigenvalue weighted by atomic mass is 32.2. The maximum Gasteiger partial charge on any atom is 0.155 e. The number of para-hydroxylation sites is 2. The van der Waals surface area contributed by atoms with Crippen molar-refractivity contribution in [2.24, 2.45) is 0 Å². The smallest absolute Gasteiger partial charge is 0.155 e. The summed E-state index contributed by atoms with van der Waals surface area (Å²) in [4.78, 5) is 1.94. The number of nitrogens with zero attached hydrogens (tertiary/aromatic N) is 1. The first-order chi connectivity index (χ1) is 8.39. The lowest BCUT2D eigenvalue weighted by Gasteiger charge is -2.22. The number of benzene rings is 1.